The van der Waals surface area contributed by atoms with E-state index in [2.05, 4.69) is 21.7 Å². The van der Waals surface area contributed by atoms with Gasteiger partial charge in [0, 0.05) is 19.5 Å². The highest BCUT2D eigenvalue weighted by Crippen LogP contribution is 2.20. The highest BCUT2D eigenvalue weighted by Gasteiger charge is 2.23. The topological polar surface area (TPSA) is 40.5 Å². The van der Waals surface area contributed by atoms with Gasteiger partial charge in [-0.05, 0) is 47.7 Å². The van der Waals surface area contributed by atoms with Gasteiger partial charge in [0.05, 0.1) is 0 Å². The number of thiophene rings is 1. The van der Waals surface area contributed by atoms with Crippen LogP contribution in [0.3, 0.4) is 0 Å². The molecule has 1 unspecified atom stereocenters. The fraction of sp³-hybridized carbons (Fsp3) is 0.583. The first-order valence-corrected chi connectivity index (χ1v) is 6.63. The molecule has 3 nitrogen and oxygen atoms in total. The number of nitrogens with zero attached hydrogens (tertiary/aromatic N) is 1. The Morgan fingerprint density at radius 3 is 3.19 bits per heavy atom. The molecule has 1 saturated heterocycles. The van der Waals surface area contributed by atoms with E-state index >= 15 is 0 Å². The van der Waals surface area contributed by atoms with Gasteiger partial charge in [0.15, 0.2) is 0 Å². The molecule has 1 aliphatic heterocycles. The Morgan fingerprint density at radius 1 is 1.62 bits per heavy atom. The van der Waals surface area contributed by atoms with Crippen LogP contribution in [0.2, 0.25) is 0 Å². The quantitative estimate of drug-likeness (QED) is 0.855. The van der Waals surface area contributed by atoms with Crippen LogP contribution < -0.4 is 0 Å². The van der Waals surface area contributed by atoms with E-state index in [9.17, 15) is 4.79 Å². The van der Waals surface area contributed by atoms with Crippen LogP contribution in [0, 0.1) is 5.92 Å². The van der Waals surface area contributed by atoms with Crippen molar-refractivity contribution in [2.24, 2.45) is 5.92 Å². The van der Waals surface area contributed by atoms with Crippen LogP contribution in [0.15, 0.2) is 16.8 Å². The fourth-order valence-corrected chi connectivity index (χ4v) is 2.95. The van der Waals surface area contributed by atoms with Crippen molar-refractivity contribution in [2.75, 3.05) is 19.6 Å². The molecule has 4 heteroatoms. The van der Waals surface area contributed by atoms with E-state index in [-0.39, 0.29) is 0 Å². The Balaban J connectivity index is 1.70. The van der Waals surface area contributed by atoms with Gasteiger partial charge in [-0.1, -0.05) is 0 Å². The fourth-order valence-electron chi connectivity index (χ4n) is 2.25. The smallest absolute Gasteiger partial charge is 0.303 e. The predicted octanol–water partition coefficient (Wildman–Crippen LogP) is 2.09. The van der Waals surface area contributed by atoms with E-state index in [4.69, 9.17) is 5.11 Å². The summed E-state index contributed by atoms with van der Waals surface area (Å²) >= 11 is 1.73. The van der Waals surface area contributed by atoms with Crippen molar-refractivity contribution in [3.63, 3.8) is 0 Å². The predicted molar refractivity (Wildman–Crippen MR) is 64.8 cm³/mol. The van der Waals surface area contributed by atoms with Crippen LogP contribution in [0.4, 0.5) is 0 Å². The van der Waals surface area contributed by atoms with Gasteiger partial charge >= 0.3 is 5.97 Å². The van der Waals surface area contributed by atoms with Crippen molar-refractivity contribution in [3.05, 3.63) is 22.4 Å². The molecule has 0 saturated carbocycles. The number of likely N-dealkylation sites (tertiary alicyclic amines) is 1. The zero-order valence-corrected chi connectivity index (χ0v) is 10.1. The monoisotopic (exact) mass is 239 g/mol. The molecule has 0 spiro atoms. The summed E-state index contributed by atoms with van der Waals surface area (Å²) in [4.78, 5) is 13.0. The molecule has 2 rings (SSSR count). The maximum atomic E-state index is 10.6. The highest BCUT2D eigenvalue weighted by atomic mass is 32.1. The van der Waals surface area contributed by atoms with Gasteiger partial charge in [0.25, 0.3) is 0 Å². The summed E-state index contributed by atoms with van der Waals surface area (Å²) < 4.78 is 0. The molecule has 0 amide bonds. The van der Waals surface area contributed by atoms with Crippen molar-refractivity contribution in [3.8, 4) is 0 Å². The standard InChI is InChI=1S/C12H17NO2S/c14-12(15)7-11-2-5-13(8-11)4-1-10-3-6-16-9-10/h3,6,9,11H,1-2,4-5,7-8H2,(H,14,15). The molecule has 1 atom stereocenters. The Hall–Kier alpha value is -0.870. The molecular formula is C12H17NO2S. The Labute approximate surface area is 99.7 Å². The third-order valence-corrected chi connectivity index (χ3v) is 3.86. The molecule has 0 aliphatic carbocycles. The molecule has 88 valence electrons. The van der Waals surface area contributed by atoms with Gasteiger partial charge in [-0.2, -0.15) is 11.3 Å². The van der Waals surface area contributed by atoms with Crippen LogP contribution in [0.25, 0.3) is 0 Å². The van der Waals surface area contributed by atoms with E-state index in [1.54, 1.807) is 11.3 Å². The van der Waals surface area contributed by atoms with Gasteiger partial charge in [-0.25, -0.2) is 0 Å². The first-order valence-electron chi connectivity index (χ1n) is 5.69. The van der Waals surface area contributed by atoms with E-state index < -0.39 is 5.97 Å². The normalized spacial score (nSPS) is 21.4. The lowest BCUT2D eigenvalue weighted by Gasteiger charge is -2.14. The summed E-state index contributed by atoms with van der Waals surface area (Å²) in [5.74, 6) is -0.301. The largest absolute Gasteiger partial charge is 0.481 e. The van der Waals surface area contributed by atoms with Gasteiger partial charge < -0.3 is 10.0 Å². The van der Waals surface area contributed by atoms with Crippen molar-refractivity contribution in [1.82, 2.24) is 4.90 Å². The third-order valence-electron chi connectivity index (χ3n) is 3.13. The summed E-state index contributed by atoms with van der Waals surface area (Å²) in [6, 6.07) is 2.16. The zero-order valence-electron chi connectivity index (χ0n) is 9.26. The summed E-state index contributed by atoms with van der Waals surface area (Å²) in [5.41, 5.74) is 1.40. The average molecular weight is 239 g/mol. The Bertz CT molecular complexity index is 337. The minimum atomic E-state index is -0.662. The molecule has 1 aromatic heterocycles. The molecular weight excluding hydrogens is 222 g/mol. The highest BCUT2D eigenvalue weighted by molar-refractivity contribution is 7.07. The molecule has 16 heavy (non-hydrogen) atoms. The first kappa shape index (κ1) is 11.6. The van der Waals surface area contributed by atoms with E-state index in [1.165, 1.54) is 5.56 Å². The molecule has 2 heterocycles. The van der Waals surface area contributed by atoms with E-state index in [0.29, 0.717) is 12.3 Å². The second kappa shape index (κ2) is 5.46. The minimum Gasteiger partial charge on any atom is -0.481 e. The van der Waals surface area contributed by atoms with E-state index in [1.807, 2.05) is 0 Å². The lowest BCUT2D eigenvalue weighted by atomic mass is 10.1. The second-order valence-corrected chi connectivity index (χ2v) is 5.21. The summed E-state index contributed by atoms with van der Waals surface area (Å²) in [7, 11) is 0. The van der Waals surface area contributed by atoms with Gasteiger partial charge in [-0.3, -0.25) is 4.79 Å². The van der Waals surface area contributed by atoms with Crippen molar-refractivity contribution < 1.29 is 9.90 Å². The van der Waals surface area contributed by atoms with Crippen molar-refractivity contribution >= 4 is 17.3 Å². The number of carboxylic acids is 1. The second-order valence-electron chi connectivity index (χ2n) is 4.43. The van der Waals surface area contributed by atoms with Gasteiger partial charge in [0.2, 0.25) is 0 Å². The minimum absolute atomic E-state index is 0.328. The number of hydrogen-bond donors (Lipinski definition) is 1. The Kier molecular flexibility index (Phi) is 3.96. The first-order chi connectivity index (χ1) is 7.74. The molecule has 1 aromatic rings. The van der Waals surface area contributed by atoms with Crippen LogP contribution in [-0.2, 0) is 11.2 Å². The molecule has 0 radical (unpaired) electrons. The van der Waals surface area contributed by atoms with E-state index in [0.717, 1.165) is 32.5 Å². The molecule has 0 bridgehead atoms. The van der Waals surface area contributed by atoms with Gasteiger partial charge in [-0.15, -0.1) is 0 Å². The number of aliphatic carboxylic acids is 1. The maximum Gasteiger partial charge on any atom is 0.303 e. The lowest BCUT2D eigenvalue weighted by Crippen LogP contribution is -2.23. The summed E-state index contributed by atoms with van der Waals surface area (Å²) in [6.07, 6.45) is 2.45. The molecule has 1 aliphatic rings. The number of hydrogen-bond acceptors (Lipinski definition) is 3. The summed E-state index contributed by atoms with van der Waals surface area (Å²) in [6.45, 7) is 3.07. The lowest BCUT2D eigenvalue weighted by molar-refractivity contribution is -0.138. The SMILES string of the molecule is O=C(O)CC1CCN(CCc2ccsc2)C1. The van der Waals surface area contributed by atoms with Crippen LogP contribution in [-0.4, -0.2) is 35.6 Å². The van der Waals surface area contributed by atoms with Crippen LogP contribution in [0.1, 0.15) is 18.4 Å². The third kappa shape index (κ3) is 3.32. The molecule has 0 aromatic carbocycles. The zero-order chi connectivity index (χ0) is 11.4. The average Bonchev–Trinajstić information content (AvgIpc) is 2.84. The van der Waals surface area contributed by atoms with Gasteiger partial charge in [0.1, 0.15) is 0 Å². The number of carboxylic acid groups (broad SMARTS) is 1. The number of rotatable bonds is 5. The van der Waals surface area contributed by atoms with Crippen molar-refractivity contribution in [2.45, 2.75) is 19.3 Å². The maximum absolute atomic E-state index is 10.6. The van der Waals surface area contributed by atoms with Crippen LogP contribution in [0.5, 0.6) is 0 Å². The Morgan fingerprint density at radius 2 is 2.50 bits per heavy atom. The van der Waals surface area contributed by atoms with Crippen LogP contribution >= 0.6 is 11.3 Å². The molecule has 1 fully saturated rings. The van der Waals surface area contributed by atoms with Crippen molar-refractivity contribution in [1.29, 1.82) is 0 Å². The summed E-state index contributed by atoms with van der Waals surface area (Å²) in [5, 5.41) is 13.0. The molecule has 1 N–H and O–H groups in total. The number of carbonyl (C=O) groups is 1.